The summed E-state index contributed by atoms with van der Waals surface area (Å²) >= 11 is 0. The quantitative estimate of drug-likeness (QED) is 0.215. The summed E-state index contributed by atoms with van der Waals surface area (Å²) in [6.07, 6.45) is -2.25. The lowest BCUT2D eigenvalue weighted by molar-refractivity contribution is -0.134. The number of sulfone groups is 1. The van der Waals surface area contributed by atoms with Gasteiger partial charge in [-0.05, 0) is 57.7 Å². The van der Waals surface area contributed by atoms with Crippen LogP contribution in [0.5, 0.6) is 0 Å². The summed E-state index contributed by atoms with van der Waals surface area (Å²) in [4.78, 5) is 26.5. The number of amides is 1. The van der Waals surface area contributed by atoms with Crippen LogP contribution in [0.1, 0.15) is 27.9 Å². The molecule has 0 saturated carbocycles. The van der Waals surface area contributed by atoms with Gasteiger partial charge in [0.25, 0.3) is 5.91 Å². The number of nitrogens with zero attached hydrogens (tertiary/aromatic N) is 1. The van der Waals surface area contributed by atoms with Crippen molar-refractivity contribution >= 4 is 32.5 Å². The average molecular weight is 620 g/mol. The molecule has 5 rings (SSSR count). The van der Waals surface area contributed by atoms with Crippen LogP contribution < -0.4 is 0 Å². The number of aliphatic carboxylic acids is 1. The van der Waals surface area contributed by atoms with E-state index >= 15 is 0 Å². The Morgan fingerprint density at radius 2 is 1.59 bits per heavy atom. The van der Waals surface area contributed by atoms with Crippen molar-refractivity contribution in [2.24, 2.45) is 0 Å². The minimum atomic E-state index is -4.45. The fourth-order valence-electron chi connectivity index (χ4n) is 5.29. The highest BCUT2D eigenvalue weighted by Crippen LogP contribution is 2.35. The third kappa shape index (κ3) is 6.75. The van der Waals surface area contributed by atoms with Gasteiger partial charge in [0.15, 0.2) is 15.6 Å². The number of carbonyl (C=O) groups is 2. The van der Waals surface area contributed by atoms with Gasteiger partial charge in [-0.1, -0.05) is 84.9 Å². The van der Waals surface area contributed by atoms with Crippen LogP contribution in [0.15, 0.2) is 113 Å². The molecule has 0 bridgehead atoms. The number of rotatable bonds is 9. The first-order valence-electron chi connectivity index (χ1n) is 13.7. The number of alkyl halides is 3. The van der Waals surface area contributed by atoms with Crippen molar-refractivity contribution in [2.45, 2.75) is 31.0 Å². The predicted octanol–water partition coefficient (Wildman–Crippen LogP) is 7.13. The van der Waals surface area contributed by atoms with E-state index in [4.69, 9.17) is 5.11 Å². The van der Waals surface area contributed by atoms with Crippen molar-refractivity contribution < 1.29 is 36.3 Å². The van der Waals surface area contributed by atoms with Crippen LogP contribution in [0, 0.1) is 6.92 Å². The van der Waals surface area contributed by atoms with Gasteiger partial charge in [-0.2, -0.15) is 13.2 Å². The van der Waals surface area contributed by atoms with Gasteiger partial charge in [-0.15, -0.1) is 0 Å². The molecule has 1 aliphatic carbocycles. The minimum absolute atomic E-state index is 0.00279. The maximum absolute atomic E-state index is 14.1. The van der Waals surface area contributed by atoms with Crippen molar-refractivity contribution in [1.29, 1.82) is 0 Å². The maximum Gasteiger partial charge on any atom is 0.413 e. The molecule has 0 unspecified atom stereocenters. The Hall–Kier alpha value is -4.70. The van der Waals surface area contributed by atoms with Crippen molar-refractivity contribution in [3.63, 3.8) is 0 Å². The number of carboxylic acid groups (broad SMARTS) is 1. The molecule has 1 amide bonds. The molecule has 0 fully saturated rings. The lowest BCUT2D eigenvalue weighted by Crippen LogP contribution is -2.33. The molecule has 44 heavy (non-hydrogen) atoms. The van der Waals surface area contributed by atoms with Crippen LogP contribution in [0.25, 0.3) is 21.9 Å². The molecule has 6 nitrogen and oxygen atoms in total. The smallest absolute Gasteiger partial charge is 0.413 e. The van der Waals surface area contributed by atoms with E-state index in [-0.39, 0.29) is 30.3 Å². The van der Waals surface area contributed by atoms with E-state index in [0.29, 0.717) is 22.3 Å². The van der Waals surface area contributed by atoms with Crippen LogP contribution in [-0.4, -0.2) is 48.8 Å². The average Bonchev–Trinajstić information content (AvgIpc) is 3.46. The van der Waals surface area contributed by atoms with E-state index in [1.807, 2.05) is 43.3 Å². The van der Waals surface area contributed by atoms with Gasteiger partial charge in [0.1, 0.15) is 0 Å². The Kier molecular flexibility index (Phi) is 8.47. The topological polar surface area (TPSA) is 91.8 Å². The fraction of sp³-hybridized carbons (Fsp3) is 0.176. The monoisotopic (exact) mass is 619 g/mol. The molecule has 0 aliphatic heterocycles. The van der Waals surface area contributed by atoms with Crippen molar-refractivity contribution in [3.8, 4) is 11.1 Å². The number of fused-ring (bicyclic) bond motifs is 1. The molecule has 4 aromatic rings. The van der Waals surface area contributed by atoms with Gasteiger partial charge < -0.3 is 10.0 Å². The number of benzene rings is 4. The first-order chi connectivity index (χ1) is 20.8. The highest BCUT2D eigenvalue weighted by Gasteiger charge is 2.35. The first-order valence-corrected chi connectivity index (χ1v) is 15.3. The number of hydrogen-bond acceptors (Lipinski definition) is 4. The number of hydrogen-bond donors (Lipinski definition) is 1. The molecular weight excluding hydrogens is 591 g/mol. The van der Waals surface area contributed by atoms with Crippen LogP contribution in [0.4, 0.5) is 13.2 Å². The second-order valence-electron chi connectivity index (χ2n) is 10.7. The summed E-state index contributed by atoms with van der Waals surface area (Å²) in [5.41, 5.74) is 3.00. The lowest BCUT2D eigenvalue weighted by atomic mass is 9.98. The van der Waals surface area contributed by atoms with E-state index in [9.17, 15) is 31.2 Å². The van der Waals surface area contributed by atoms with Gasteiger partial charge in [0.2, 0.25) is 0 Å². The van der Waals surface area contributed by atoms with E-state index < -0.39 is 33.3 Å². The van der Waals surface area contributed by atoms with Crippen molar-refractivity contribution in [2.75, 3.05) is 12.3 Å². The number of carbonyl (C=O) groups excluding carboxylic acids is 1. The predicted molar refractivity (Wildman–Crippen MR) is 162 cm³/mol. The van der Waals surface area contributed by atoms with Crippen molar-refractivity contribution in [1.82, 2.24) is 4.90 Å². The molecule has 0 radical (unpaired) electrons. The lowest BCUT2D eigenvalue weighted by Gasteiger charge is -2.26. The summed E-state index contributed by atoms with van der Waals surface area (Å²) < 4.78 is 64.9. The normalized spacial score (nSPS) is 13.5. The number of allylic oxidation sites excluding steroid dienone is 3. The third-order valence-corrected chi connectivity index (χ3v) is 9.10. The summed E-state index contributed by atoms with van der Waals surface area (Å²) in [7, 11) is -4.02. The molecule has 0 spiro atoms. The fourth-order valence-corrected chi connectivity index (χ4v) is 6.37. The number of aryl methyl sites for hydroxylation is 1. The summed E-state index contributed by atoms with van der Waals surface area (Å²) in [6.45, 7) is 1.95. The summed E-state index contributed by atoms with van der Waals surface area (Å²) in [6, 6.07) is 24.3. The molecule has 1 N–H and O–H groups in total. The maximum atomic E-state index is 14.1. The number of carboxylic acids is 1. The Morgan fingerprint density at radius 1 is 0.864 bits per heavy atom. The van der Waals surface area contributed by atoms with Gasteiger partial charge in [0, 0.05) is 25.1 Å². The highest BCUT2D eigenvalue weighted by atomic mass is 32.2. The zero-order valence-electron chi connectivity index (χ0n) is 23.6. The molecule has 226 valence electrons. The molecule has 4 aromatic carbocycles. The molecule has 0 aromatic heterocycles. The zero-order valence-corrected chi connectivity index (χ0v) is 24.5. The Bertz CT molecular complexity index is 1930. The van der Waals surface area contributed by atoms with E-state index in [2.05, 4.69) is 0 Å². The second-order valence-corrected chi connectivity index (χ2v) is 12.7. The van der Waals surface area contributed by atoms with Crippen LogP contribution >= 0.6 is 0 Å². The molecule has 0 atom stereocenters. The molecule has 0 saturated heterocycles. The first kappa shape index (κ1) is 30.7. The van der Waals surface area contributed by atoms with Gasteiger partial charge in [-0.3, -0.25) is 9.59 Å². The summed E-state index contributed by atoms with van der Waals surface area (Å²) in [5.74, 6) is -2.77. The van der Waals surface area contributed by atoms with Crippen molar-refractivity contribution in [3.05, 3.63) is 125 Å². The van der Waals surface area contributed by atoms with E-state index in [1.54, 1.807) is 35.2 Å². The van der Waals surface area contributed by atoms with Gasteiger partial charge in [-0.25, -0.2) is 8.42 Å². The number of halogens is 3. The Balaban J connectivity index is 1.44. The zero-order chi connectivity index (χ0) is 31.6. The largest absolute Gasteiger partial charge is 0.480 e. The standard InChI is InChI=1S/C34H28F3NO5S/c1-22-9-13-26-5-2-3-8-30(26)32(22)33(41)38(20-24-12-16-28(17-24)34(35,36)37)19-23-10-14-25(15-11-23)27-6-4-7-29(18-27)44(42,43)21-31(39)40/h2-16,18H,17,19-21H2,1H3,(H,39,40). The van der Waals surface area contributed by atoms with Crippen LogP contribution in [0.3, 0.4) is 0 Å². The van der Waals surface area contributed by atoms with Gasteiger partial charge >= 0.3 is 12.1 Å². The third-order valence-electron chi connectivity index (χ3n) is 7.50. The SMILES string of the molecule is Cc1ccc2ccccc2c1C(=O)N(CC1=CC=C(C(F)(F)F)C1)Cc1ccc(-c2cccc(S(=O)(=O)CC(=O)O)c2)cc1. The molecular formula is C34H28F3NO5S. The summed E-state index contributed by atoms with van der Waals surface area (Å²) in [5, 5.41) is 10.6. The molecule has 1 aliphatic rings. The Labute approximate surface area is 252 Å². The van der Waals surface area contributed by atoms with E-state index in [1.165, 1.54) is 24.3 Å². The minimum Gasteiger partial charge on any atom is -0.480 e. The Morgan fingerprint density at radius 3 is 2.27 bits per heavy atom. The second kappa shape index (κ2) is 12.1. The van der Waals surface area contributed by atoms with Gasteiger partial charge in [0.05, 0.1) is 10.5 Å². The van der Waals surface area contributed by atoms with Crippen LogP contribution in [0.2, 0.25) is 0 Å². The van der Waals surface area contributed by atoms with E-state index in [0.717, 1.165) is 28.0 Å². The molecule has 10 heteroatoms. The molecule has 0 heterocycles. The van der Waals surface area contributed by atoms with Crippen LogP contribution in [-0.2, 0) is 21.2 Å². The highest BCUT2D eigenvalue weighted by molar-refractivity contribution is 7.92.